The van der Waals surface area contributed by atoms with Crippen molar-refractivity contribution >= 4 is 38.6 Å². The molecule has 6 aromatic rings. The van der Waals surface area contributed by atoms with Crippen LogP contribution in [0.2, 0.25) is 0 Å². The first kappa shape index (κ1) is 19.1. The molecule has 1 aliphatic carbocycles. The van der Waals surface area contributed by atoms with Crippen LogP contribution in [0.5, 0.6) is 0 Å². The summed E-state index contributed by atoms with van der Waals surface area (Å²) in [7, 11) is 0. The average molecular weight is 434 g/mol. The highest BCUT2D eigenvalue weighted by molar-refractivity contribution is 6.02. The van der Waals surface area contributed by atoms with Crippen molar-refractivity contribution in [2.75, 3.05) is 4.90 Å². The quantitative estimate of drug-likeness (QED) is 0.269. The first-order valence-electron chi connectivity index (χ1n) is 11.8. The Morgan fingerprint density at radius 1 is 0.441 bits per heavy atom. The zero-order valence-electron chi connectivity index (χ0n) is 18.8. The van der Waals surface area contributed by atoms with Crippen LogP contribution in [0.3, 0.4) is 0 Å². The third kappa shape index (κ3) is 3.02. The number of hydrogen-bond acceptors (Lipinski definition) is 1. The van der Waals surface area contributed by atoms with Gasteiger partial charge >= 0.3 is 0 Å². The second kappa shape index (κ2) is 7.60. The molecule has 6 aromatic carbocycles. The highest BCUT2D eigenvalue weighted by Gasteiger charge is 2.23. The van der Waals surface area contributed by atoms with E-state index in [0.29, 0.717) is 0 Å². The normalized spacial score (nSPS) is 12.0. The summed E-state index contributed by atoms with van der Waals surface area (Å²) in [5, 5.41) is 5.15. The zero-order valence-corrected chi connectivity index (χ0v) is 18.8. The topological polar surface area (TPSA) is 3.24 Å². The fraction of sp³-hybridized carbons (Fsp3) is 0.0303. The lowest BCUT2D eigenvalue weighted by Crippen LogP contribution is -2.10. The molecular weight excluding hydrogens is 410 g/mol. The third-order valence-corrected chi connectivity index (χ3v) is 7.02. The van der Waals surface area contributed by atoms with Gasteiger partial charge in [-0.15, -0.1) is 0 Å². The lowest BCUT2D eigenvalue weighted by Gasteiger charge is -2.26. The first-order chi connectivity index (χ1) is 16.8. The van der Waals surface area contributed by atoms with E-state index in [1.165, 1.54) is 55.2 Å². The predicted octanol–water partition coefficient (Wildman–Crippen LogP) is 9.03. The van der Waals surface area contributed by atoms with Gasteiger partial charge in [0, 0.05) is 17.1 Å². The van der Waals surface area contributed by atoms with Gasteiger partial charge in [0.2, 0.25) is 0 Å². The van der Waals surface area contributed by atoms with Gasteiger partial charge in [-0.3, -0.25) is 0 Å². The minimum absolute atomic E-state index is 0.997. The second-order valence-corrected chi connectivity index (χ2v) is 9.04. The minimum Gasteiger partial charge on any atom is -0.310 e. The van der Waals surface area contributed by atoms with Crippen molar-refractivity contribution in [2.45, 2.75) is 6.42 Å². The van der Waals surface area contributed by atoms with Crippen molar-refractivity contribution in [1.82, 2.24) is 0 Å². The number of fused-ring (bicyclic) bond motifs is 6. The SMILES string of the molecule is c1ccc(N(c2ccc3c(c2)-c2c(ccc4ccccc24)C3)c2ccc3ccccc3c2)cc1. The molecule has 0 saturated heterocycles. The second-order valence-electron chi connectivity index (χ2n) is 9.04. The molecule has 7 rings (SSSR count). The highest BCUT2D eigenvalue weighted by Crippen LogP contribution is 2.45. The summed E-state index contributed by atoms with van der Waals surface area (Å²) < 4.78 is 0. The van der Waals surface area contributed by atoms with Crippen LogP contribution in [-0.4, -0.2) is 0 Å². The Labute approximate surface area is 199 Å². The Hall–Kier alpha value is -4.36. The van der Waals surface area contributed by atoms with Crippen molar-refractivity contribution in [2.24, 2.45) is 0 Å². The fourth-order valence-corrected chi connectivity index (χ4v) is 5.42. The average Bonchev–Trinajstić information content (AvgIpc) is 3.28. The van der Waals surface area contributed by atoms with Crippen LogP contribution in [0.25, 0.3) is 32.7 Å². The molecule has 160 valence electrons. The Kier molecular flexibility index (Phi) is 4.28. The molecule has 0 aromatic heterocycles. The van der Waals surface area contributed by atoms with Gasteiger partial charge in [-0.1, -0.05) is 91.0 Å². The monoisotopic (exact) mass is 433 g/mol. The molecule has 0 atom stereocenters. The molecule has 0 amide bonds. The molecule has 0 aliphatic heterocycles. The fourth-order valence-electron chi connectivity index (χ4n) is 5.42. The Bertz CT molecular complexity index is 1680. The van der Waals surface area contributed by atoms with E-state index in [1.54, 1.807) is 0 Å². The number of benzene rings is 6. The molecule has 0 fully saturated rings. The highest BCUT2D eigenvalue weighted by atomic mass is 15.1. The van der Waals surface area contributed by atoms with Crippen molar-refractivity contribution < 1.29 is 0 Å². The lowest BCUT2D eigenvalue weighted by molar-refractivity contribution is 1.25. The third-order valence-electron chi connectivity index (χ3n) is 7.02. The van der Waals surface area contributed by atoms with E-state index in [4.69, 9.17) is 0 Å². The maximum absolute atomic E-state index is 2.38. The van der Waals surface area contributed by atoms with E-state index in [-0.39, 0.29) is 0 Å². The van der Waals surface area contributed by atoms with Gasteiger partial charge in [0.15, 0.2) is 0 Å². The van der Waals surface area contributed by atoms with E-state index in [0.717, 1.165) is 12.1 Å². The molecule has 1 nitrogen and oxygen atoms in total. The number of rotatable bonds is 3. The summed E-state index contributed by atoms with van der Waals surface area (Å²) in [6.45, 7) is 0. The van der Waals surface area contributed by atoms with E-state index >= 15 is 0 Å². The van der Waals surface area contributed by atoms with Crippen molar-refractivity contribution in [1.29, 1.82) is 0 Å². The molecule has 1 aliphatic rings. The molecule has 0 heterocycles. The maximum atomic E-state index is 2.38. The number of hydrogen-bond donors (Lipinski definition) is 0. The number of nitrogens with zero attached hydrogens (tertiary/aromatic N) is 1. The molecule has 0 spiro atoms. The van der Waals surface area contributed by atoms with Gasteiger partial charge in [0.25, 0.3) is 0 Å². The standard InChI is InChI=1S/C33H23N/c1-2-11-28(12-3-1)34(29-18-16-23-8-4-5-10-25(23)21-29)30-19-17-26-20-27-15-14-24-9-6-7-13-31(24)33(27)32(26)22-30/h1-19,21-22H,20H2. The Balaban J connectivity index is 1.44. The van der Waals surface area contributed by atoms with Crippen LogP contribution in [-0.2, 0) is 6.42 Å². The molecule has 0 unspecified atom stereocenters. The number of anilines is 3. The van der Waals surface area contributed by atoms with E-state index < -0.39 is 0 Å². The van der Waals surface area contributed by atoms with Gasteiger partial charge in [-0.25, -0.2) is 0 Å². The molecule has 0 N–H and O–H groups in total. The van der Waals surface area contributed by atoms with Crippen molar-refractivity contribution in [3.63, 3.8) is 0 Å². The molecule has 0 bridgehead atoms. The summed E-state index contributed by atoms with van der Waals surface area (Å²) in [5.41, 5.74) is 9.08. The first-order valence-corrected chi connectivity index (χ1v) is 11.8. The van der Waals surface area contributed by atoms with Gasteiger partial charge in [-0.05, 0) is 86.6 Å². The van der Waals surface area contributed by atoms with Crippen molar-refractivity contribution in [3.8, 4) is 11.1 Å². The maximum Gasteiger partial charge on any atom is 0.0468 e. The summed E-state index contributed by atoms with van der Waals surface area (Å²) in [5.74, 6) is 0. The molecule has 1 heteroatoms. The van der Waals surface area contributed by atoms with Gasteiger partial charge < -0.3 is 4.90 Å². The summed E-state index contributed by atoms with van der Waals surface area (Å²) in [6, 6.07) is 46.2. The summed E-state index contributed by atoms with van der Waals surface area (Å²) in [4.78, 5) is 2.37. The van der Waals surface area contributed by atoms with Crippen molar-refractivity contribution in [3.05, 3.63) is 139 Å². The Morgan fingerprint density at radius 3 is 1.97 bits per heavy atom. The van der Waals surface area contributed by atoms with Crippen LogP contribution in [0.15, 0.2) is 127 Å². The zero-order chi connectivity index (χ0) is 22.5. The summed E-state index contributed by atoms with van der Waals surface area (Å²) >= 11 is 0. The van der Waals surface area contributed by atoms with Gasteiger partial charge in [0.05, 0.1) is 0 Å². The van der Waals surface area contributed by atoms with Crippen LogP contribution < -0.4 is 4.90 Å². The molecule has 0 saturated carbocycles. The predicted molar refractivity (Wildman–Crippen MR) is 144 cm³/mol. The van der Waals surface area contributed by atoms with E-state index in [1.807, 2.05) is 0 Å². The minimum atomic E-state index is 0.997. The Morgan fingerprint density at radius 2 is 1.09 bits per heavy atom. The van der Waals surface area contributed by atoms with E-state index in [2.05, 4.69) is 132 Å². The smallest absolute Gasteiger partial charge is 0.0468 e. The van der Waals surface area contributed by atoms with Gasteiger partial charge in [0.1, 0.15) is 0 Å². The lowest BCUT2D eigenvalue weighted by atomic mass is 9.97. The van der Waals surface area contributed by atoms with Crippen LogP contribution >= 0.6 is 0 Å². The van der Waals surface area contributed by atoms with Crippen LogP contribution in [0.1, 0.15) is 11.1 Å². The summed E-state index contributed by atoms with van der Waals surface area (Å²) in [6.07, 6.45) is 0.997. The van der Waals surface area contributed by atoms with E-state index in [9.17, 15) is 0 Å². The van der Waals surface area contributed by atoms with Gasteiger partial charge in [-0.2, -0.15) is 0 Å². The van der Waals surface area contributed by atoms with Crippen LogP contribution in [0.4, 0.5) is 17.1 Å². The molecular formula is C33H23N. The largest absolute Gasteiger partial charge is 0.310 e. The number of para-hydroxylation sites is 1. The molecule has 0 radical (unpaired) electrons. The molecule has 34 heavy (non-hydrogen) atoms. The van der Waals surface area contributed by atoms with Crippen LogP contribution in [0, 0.1) is 0 Å².